The fourth-order valence-electron chi connectivity index (χ4n) is 4.07. The lowest BCUT2D eigenvalue weighted by atomic mass is 10.1. The Bertz CT molecular complexity index is 1440. The van der Waals surface area contributed by atoms with E-state index >= 15 is 0 Å². The molecular weight excluding hydrogens is 553 g/mol. The molecule has 0 heterocycles. The van der Waals surface area contributed by atoms with Crippen molar-refractivity contribution in [3.05, 3.63) is 94.3 Å². The lowest BCUT2D eigenvalue weighted by Crippen LogP contribution is -2.51. The molecule has 0 aliphatic rings. The van der Waals surface area contributed by atoms with Gasteiger partial charge in [-0.3, -0.25) is 13.9 Å². The Labute approximate surface area is 241 Å². The van der Waals surface area contributed by atoms with Crippen molar-refractivity contribution in [2.45, 2.75) is 52.1 Å². The summed E-state index contributed by atoms with van der Waals surface area (Å²) in [5.41, 5.74) is 2.32. The number of amides is 2. The maximum absolute atomic E-state index is 13.9. The fourth-order valence-corrected chi connectivity index (χ4v) is 5.78. The molecule has 40 heavy (non-hydrogen) atoms. The van der Waals surface area contributed by atoms with E-state index in [1.54, 1.807) is 44.2 Å². The van der Waals surface area contributed by atoms with Crippen LogP contribution in [0.25, 0.3) is 0 Å². The van der Waals surface area contributed by atoms with Gasteiger partial charge in [-0.25, -0.2) is 12.8 Å². The van der Waals surface area contributed by atoms with Crippen LogP contribution in [0.15, 0.2) is 71.6 Å². The molecule has 214 valence electrons. The summed E-state index contributed by atoms with van der Waals surface area (Å²) in [6.07, 6.45) is 0. The van der Waals surface area contributed by atoms with Crippen molar-refractivity contribution in [3.63, 3.8) is 0 Å². The number of aryl methyl sites for hydroxylation is 2. The van der Waals surface area contributed by atoms with Crippen LogP contribution in [-0.2, 0) is 26.2 Å². The van der Waals surface area contributed by atoms with E-state index in [4.69, 9.17) is 11.6 Å². The highest BCUT2D eigenvalue weighted by molar-refractivity contribution is 7.92. The summed E-state index contributed by atoms with van der Waals surface area (Å²) in [5, 5.41) is 3.26. The quantitative estimate of drug-likeness (QED) is 0.322. The summed E-state index contributed by atoms with van der Waals surface area (Å²) in [6.45, 7) is 8.88. The minimum Gasteiger partial charge on any atom is -0.354 e. The number of hydrogen-bond acceptors (Lipinski definition) is 4. The Hall–Kier alpha value is -3.43. The normalized spacial score (nSPS) is 12.2. The number of carbonyl (C=O) groups is 2. The number of rotatable bonds is 11. The predicted molar refractivity (Wildman–Crippen MR) is 156 cm³/mol. The van der Waals surface area contributed by atoms with Crippen LogP contribution in [0.1, 0.15) is 37.5 Å². The second kappa shape index (κ2) is 13.3. The monoisotopic (exact) mass is 587 g/mol. The Kier molecular flexibility index (Phi) is 10.3. The average molecular weight is 588 g/mol. The Morgan fingerprint density at radius 2 is 1.57 bits per heavy atom. The third kappa shape index (κ3) is 7.82. The standard InChI is InChI=1S/C30H35ClFN3O4S/c1-20(2)17-33-30(37)23(5)34(18-24-8-11-26(32)12-9-24)29(36)19-35(28-15-10-25(31)16-22(28)4)40(38,39)27-13-6-21(3)7-14-27/h6-16,20,23H,17-19H2,1-5H3,(H,33,37)/t23-/m0/s1. The van der Waals surface area contributed by atoms with Crippen molar-refractivity contribution in [1.82, 2.24) is 10.2 Å². The molecule has 2 amide bonds. The van der Waals surface area contributed by atoms with Gasteiger partial charge in [0.2, 0.25) is 11.8 Å². The number of hydrogen-bond donors (Lipinski definition) is 1. The van der Waals surface area contributed by atoms with Gasteiger partial charge in [-0.2, -0.15) is 0 Å². The van der Waals surface area contributed by atoms with E-state index in [1.165, 1.54) is 41.3 Å². The van der Waals surface area contributed by atoms with Gasteiger partial charge in [0, 0.05) is 18.1 Å². The van der Waals surface area contributed by atoms with E-state index in [-0.39, 0.29) is 29.0 Å². The van der Waals surface area contributed by atoms with Crippen molar-refractivity contribution >= 4 is 39.1 Å². The van der Waals surface area contributed by atoms with Gasteiger partial charge in [-0.05, 0) is 80.3 Å². The average Bonchev–Trinajstić information content (AvgIpc) is 2.90. The van der Waals surface area contributed by atoms with E-state index in [0.29, 0.717) is 22.7 Å². The minimum atomic E-state index is -4.19. The molecule has 3 rings (SSSR count). The first-order chi connectivity index (χ1) is 18.8. The van der Waals surface area contributed by atoms with E-state index in [0.717, 1.165) is 9.87 Å². The minimum absolute atomic E-state index is 0.0204. The molecule has 0 bridgehead atoms. The smallest absolute Gasteiger partial charge is 0.264 e. The number of nitrogens with zero attached hydrogens (tertiary/aromatic N) is 2. The number of anilines is 1. The molecule has 7 nitrogen and oxygen atoms in total. The van der Waals surface area contributed by atoms with Gasteiger partial charge in [-0.1, -0.05) is 55.3 Å². The van der Waals surface area contributed by atoms with Crippen molar-refractivity contribution in [2.75, 3.05) is 17.4 Å². The van der Waals surface area contributed by atoms with Crippen molar-refractivity contribution in [3.8, 4) is 0 Å². The van der Waals surface area contributed by atoms with Crippen LogP contribution in [0, 0.1) is 25.6 Å². The highest BCUT2D eigenvalue weighted by Gasteiger charge is 2.33. The maximum atomic E-state index is 13.9. The Morgan fingerprint density at radius 1 is 0.950 bits per heavy atom. The molecule has 0 radical (unpaired) electrons. The van der Waals surface area contributed by atoms with Crippen molar-refractivity contribution in [2.24, 2.45) is 5.92 Å². The van der Waals surface area contributed by atoms with Gasteiger partial charge in [0.1, 0.15) is 18.4 Å². The molecule has 1 N–H and O–H groups in total. The first kappa shape index (κ1) is 31.1. The summed E-state index contributed by atoms with van der Waals surface area (Å²) in [5.74, 6) is -1.21. The van der Waals surface area contributed by atoms with Crippen LogP contribution < -0.4 is 9.62 Å². The number of halogens is 2. The third-order valence-corrected chi connectivity index (χ3v) is 8.44. The molecule has 0 saturated carbocycles. The molecule has 0 fully saturated rings. The summed E-state index contributed by atoms with van der Waals surface area (Å²) in [4.78, 5) is 28.3. The van der Waals surface area contributed by atoms with Crippen LogP contribution >= 0.6 is 11.6 Å². The number of carbonyl (C=O) groups excluding carboxylic acids is 2. The first-order valence-corrected chi connectivity index (χ1v) is 14.8. The van der Waals surface area contributed by atoms with Crippen molar-refractivity contribution < 1.29 is 22.4 Å². The Morgan fingerprint density at radius 3 is 2.15 bits per heavy atom. The summed E-state index contributed by atoms with van der Waals surface area (Å²) in [6, 6.07) is 15.8. The van der Waals surface area contributed by atoms with Crippen LogP contribution in [0.5, 0.6) is 0 Å². The van der Waals surface area contributed by atoms with Gasteiger partial charge in [0.25, 0.3) is 10.0 Å². The van der Waals surface area contributed by atoms with Crippen LogP contribution in [0.4, 0.5) is 10.1 Å². The largest absolute Gasteiger partial charge is 0.354 e. The van der Waals surface area contributed by atoms with Crippen LogP contribution in [0.2, 0.25) is 5.02 Å². The molecule has 0 aliphatic carbocycles. The zero-order valence-electron chi connectivity index (χ0n) is 23.3. The second-order valence-electron chi connectivity index (χ2n) is 10.2. The summed E-state index contributed by atoms with van der Waals surface area (Å²) >= 11 is 6.14. The van der Waals surface area contributed by atoms with E-state index in [9.17, 15) is 22.4 Å². The van der Waals surface area contributed by atoms with Gasteiger partial charge >= 0.3 is 0 Å². The Balaban J connectivity index is 2.04. The van der Waals surface area contributed by atoms with Crippen molar-refractivity contribution in [1.29, 1.82) is 0 Å². The van der Waals surface area contributed by atoms with E-state index in [1.807, 2.05) is 20.8 Å². The molecule has 0 aromatic heterocycles. The summed E-state index contributed by atoms with van der Waals surface area (Å²) in [7, 11) is -4.19. The van der Waals surface area contributed by atoms with E-state index in [2.05, 4.69) is 5.32 Å². The SMILES string of the molecule is Cc1ccc(S(=O)(=O)N(CC(=O)N(Cc2ccc(F)cc2)[C@@H](C)C(=O)NCC(C)C)c2ccc(Cl)cc2C)cc1. The molecule has 10 heteroatoms. The number of nitrogens with one attached hydrogen (secondary N) is 1. The van der Waals surface area contributed by atoms with Gasteiger partial charge in [0.05, 0.1) is 10.6 Å². The van der Waals surface area contributed by atoms with Gasteiger partial charge in [-0.15, -0.1) is 0 Å². The molecule has 3 aromatic carbocycles. The summed E-state index contributed by atoms with van der Waals surface area (Å²) < 4.78 is 42.4. The maximum Gasteiger partial charge on any atom is 0.264 e. The fraction of sp³-hybridized carbons (Fsp3) is 0.333. The highest BCUT2D eigenvalue weighted by Crippen LogP contribution is 2.29. The number of benzene rings is 3. The lowest BCUT2D eigenvalue weighted by molar-refractivity contribution is -0.139. The lowest BCUT2D eigenvalue weighted by Gasteiger charge is -2.32. The number of sulfonamides is 1. The molecule has 3 aromatic rings. The molecule has 0 saturated heterocycles. The van der Waals surface area contributed by atoms with E-state index < -0.39 is 34.3 Å². The molecule has 0 aliphatic heterocycles. The first-order valence-electron chi connectivity index (χ1n) is 13.0. The highest BCUT2D eigenvalue weighted by atomic mass is 35.5. The third-order valence-electron chi connectivity index (χ3n) is 6.43. The molecule has 0 unspecified atom stereocenters. The zero-order valence-corrected chi connectivity index (χ0v) is 24.9. The van der Waals surface area contributed by atoms with Crippen LogP contribution in [-0.4, -0.2) is 44.3 Å². The van der Waals surface area contributed by atoms with Gasteiger partial charge < -0.3 is 10.2 Å². The second-order valence-corrected chi connectivity index (χ2v) is 12.5. The molecule has 1 atom stereocenters. The molecular formula is C30H35ClFN3O4S. The van der Waals surface area contributed by atoms with Gasteiger partial charge in [0.15, 0.2) is 0 Å². The topological polar surface area (TPSA) is 86.8 Å². The predicted octanol–water partition coefficient (Wildman–Crippen LogP) is 5.48. The van der Waals surface area contributed by atoms with Crippen LogP contribution in [0.3, 0.4) is 0 Å². The molecule has 0 spiro atoms. The zero-order chi connectivity index (χ0) is 29.6.